The molecule has 2 rings (SSSR count). The minimum absolute atomic E-state index is 0.0873. The van der Waals surface area contributed by atoms with Crippen LogP contribution in [0.5, 0.6) is 0 Å². The van der Waals surface area contributed by atoms with Crippen LogP contribution in [0.4, 0.5) is 4.79 Å². The van der Waals surface area contributed by atoms with Crippen LogP contribution in [0.15, 0.2) is 0 Å². The maximum atomic E-state index is 11.7. The summed E-state index contributed by atoms with van der Waals surface area (Å²) in [6.07, 6.45) is 1.35. The molecule has 2 unspecified atom stereocenters. The van der Waals surface area contributed by atoms with Crippen LogP contribution in [-0.4, -0.2) is 54.4 Å². The van der Waals surface area contributed by atoms with E-state index in [1.54, 1.807) is 4.90 Å². The number of carboxylic acid groups (broad SMARTS) is 1. The van der Waals surface area contributed by atoms with Crippen molar-refractivity contribution >= 4 is 12.0 Å². The highest BCUT2D eigenvalue weighted by Gasteiger charge is 2.32. The maximum Gasteiger partial charge on any atom is 0.317 e. The first kappa shape index (κ1) is 13.1. The second-order valence-electron chi connectivity index (χ2n) is 5.18. The number of nitrogens with one attached hydrogen (secondary N) is 1. The average molecular weight is 256 g/mol. The van der Waals surface area contributed by atoms with Crippen molar-refractivity contribution in [2.75, 3.05) is 26.2 Å². The molecule has 0 spiro atoms. The van der Waals surface area contributed by atoms with Gasteiger partial charge in [0.2, 0.25) is 0 Å². The molecule has 102 valence electrons. The van der Waals surface area contributed by atoms with Crippen molar-refractivity contribution < 1.29 is 19.4 Å². The van der Waals surface area contributed by atoms with Gasteiger partial charge in [-0.25, -0.2) is 4.79 Å². The van der Waals surface area contributed by atoms with Crippen molar-refractivity contribution in [2.45, 2.75) is 25.9 Å². The molecular formula is C12H20N2O4. The normalized spacial score (nSPS) is 27.9. The molecule has 2 aliphatic heterocycles. The Bertz CT molecular complexity index is 328. The Morgan fingerprint density at radius 2 is 2.17 bits per heavy atom. The Labute approximate surface area is 106 Å². The van der Waals surface area contributed by atoms with Gasteiger partial charge in [-0.3, -0.25) is 4.79 Å². The smallest absolute Gasteiger partial charge is 0.317 e. The van der Waals surface area contributed by atoms with Crippen molar-refractivity contribution in [1.82, 2.24) is 10.2 Å². The van der Waals surface area contributed by atoms with Gasteiger partial charge in [-0.05, 0) is 13.3 Å². The lowest BCUT2D eigenvalue weighted by atomic mass is 9.97. The van der Waals surface area contributed by atoms with E-state index >= 15 is 0 Å². The number of aliphatic carboxylic acids is 1. The third-order valence-corrected chi connectivity index (χ3v) is 3.76. The number of urea groups is 1. The number of rotatable bonds is 4. The van der Waals surface area contributed by atoms with E-state index in [9.17, 15) is 9.59 Å². The van der Waals surface area contributed by atoms with E-state index in [0.29, 0.717) is 25.6 Å². The maximum absolute atomic E-state index is 11.7. The Morgan fingerprint density at radius 1 is 1.44 bits per heavy atom. The third kappa shape index (κ3) is 3.13. The quantitative estimate of drug-likeness (QED) is 0.769. The van der Waals surface area contributed by atoms with E-state index in [1.807, 2.05) is 6.92 Å². The first-order chi connectivity index (χ1) is 8.56. The Morgan fingerprint density at radius 3 is 2.72 bits per heavy atom. The number of nitrogens with zero attached hydrogens (tertiary/aromatic N) is 1. The lowest BCUT2D eigenvalue weighted by Gasteiger charge is -2.38. The largest absolute Gasteiger partial charge is 0.481 e. The van der Waals surface area contributed by atoms with Gasteiger partial charge in [0.1, 0.15) is 0 Å². The summed E-state index contributed by atoms with van der Waals surface area (Å²) in [5.74, 6) is -0.288. The highest BCUT2D eigenvalue weighted by Crippen LogP contribution is 2.21. The SMILES string of the molecule is CC1OCCC1CNC(=O)N1CC(CC(=O)O)C1. The van der Waals surface area contributed by atoms with Crippen LogP contribution in [0, 0.1) is 11.8 Å². The summed E-state index contributed by atoms with van der Waals surface area (Å²) in [5, 5.41) is 11.5. The lowest BCUT2D eigenvalue weighted by molar-refractivity contribution is -0.139. The first-order valence-electron chi connectivity index (χ1n) is 6.42. The molecule has 0 aliphatic carbocycles. The molecule has 2 fully saturated rings. The van der Waals surface area contributed by atoms with Crippen LogP contribution in [-0.2, 0) is 9.53 Å². The number of carbonyl (C=O) groups is 2. The Hall–Kier alpha value is -1.30. The summed E-state index contributed by atoms with van der Waals surface area (Å²) in [5.41, 5.74) is 0. The van der Waals surface area contributed by atoms with Gasteiger partial charge in [-0.2, -0.15) is 0 Å². The van der Waals surface area contributed by atoms with Gasteiger partial charge in [0.05, 0.1) is 12.5 Å². The zero-order valence-corrected chi connectivity index (χ0v) is 10.6. The molecule has 0 aromatic carbocycles. The van der Waals surface area contributed by atoms with Crippen molar-refractivity contribution in [3.63, 3.8) is 0 Å². The van der Waals surface area contributed by atoms with Crippen molar-refractivity contribution in [1.29, 1.82) is 0 Å². The minimum Gasteiger partial charge on any atom is -0.481 e. The summed E-state index contributed by atoms with van der Waals surface area (Å²) < 4.78 is 5.43. The number of hydrogen-bond donors (Lipinski definition) is 2. The second-order valence-corrected chi connectivity index (χ2v) is 5.18. The van der Waals surface area contributed by atoms with E-state index in [2.05, 4.69) is 5.32 Å². The van der Waals surface area contributed by atoms with Crippen LogP contribution in [0.3, 0.4) is 0 Å². The third-order valence-electron chi connectivity index (χ3n) is 3.76. The fraction of sp³-hybridized carbons (Fsp3) is 0.833. The molecule has 6 heteroatoms. The minimum atomic E-state index is -0.794. The van der Waals surface area contributed by atoms with E-state index in [0.717, 1.165) is 13.0 Å². The molecule has 0 saturated carbocycles. The summed E-state index contributed by atoms with van der Waals surface area (Å²) >= 11 is 0. The molecule has 6 nitrogen and oxygen atoms in total. The van der Waals surface area contributed by atoms with Gasteiger partial charge < -0.3 is 20.1 Å². The lowest BCUT2D eigenvalue weighted by Crippen LogP contribution is -2.54. The summed E-state index contributed by atoms with van der Waals surface area (Å²) in [6, 6.07) is -0.0873. The average Bonchev–Trinajstić information content (AvgIpc) is 2.65. The van der Waals surface area contributed by atoms with Crippen LogP contribution in [0.25, 0.3) is 0 Å². The molecule has 0 aromatic heterocycles. The molecule has 2 aliphatic rings. The number of carboxylic acids is 1. The fourth-order valence-electron chi connectivity index (χ4n) is 2.49. The van der Waals surface area contributed by atoms with Crippen molar-refractivity contribution in [2.24, 2.45) is 11.8 Å². The van der Waals surface area contributed by atoms with Gasteiger partial charge >= 0.3 is 12.0 Å². The number of hydrogen-bond acceptors (Lipinski definition) is 3. The zero-order valence-electron chi connectivity index (χ0n) is 10.6. The molecule has 2 N–H and O–H groups in total. The van der Waals surface area contributed by atoms with E-state index < -0.39 is 5.97 Å². The van der Waals surface area contributed by atoms with Gasteiger partial charge in [0, 0.05) is 38.1 Å². The molecular weight excluding hydrogens is 236 g/mol. The van der Waals surface area contributed by atoms with Gasteiger partial charge in [-0.15, -0.1) is 0 Å². The molecule has 18 heavy (non-hydrogen) atoms. The van der Waals surface area contributed by atoms with E-state index in [1.165, 1.54) is 0 Å². The Kier molecular flexibility index (Phi) is 4.06. The molecule has 2 saturated heterocycles. The van der Waals surface area contributed by atoms with Crippen molar-refractivity contribution in [3.8, 4) is 0 Å². The number of likely N-dealkylation sites (tertiary alicyclic amines) is 1. The molecule has 0 bridgehead atoms. The molecule has 0 radical (unpaired) electrons. The molecule has 2 atom stereocenters. The van der Waals surface area contributed by atoms with Gasteiger partial charge in [0.15, 0.2) is 0 Å². The zero-order chi connectivity index (χ0) is 13.1. The predicted octanol–water partition coefficient (Wildman–Crippen LogP) is 0.527. The Balaban J connectivity index is 1.63. The van der Waals surface area contributed by atoms with E-state index in [-0.39, 0.29) is 24.5 Å². The summed E-state index contributed by atoms with van der Waals surface area (Å²) in [6.45, 7) is 4.53. The predicted molar refractivity (Wildman–Crippen MR) is 64.2 cm³/mol. The fourth-order valence-corrected chi connectivity index (χ4v) is 2.49. The summed E-state index contributed by atoms with van der Waals surface area (Å²) in [7, 11) is 0. The highest BCUT2D eigenvalue weighted by atomic mass is 16.5. The number of carbonyl (C=O) groups excluding carboxylic acids is 1. The summed E-state index contributed by atoms with van der Waals surface area (Å²) in [4.78, 5) is 23.9. The van der Waals surface area contributed by atoms with Crippen LogP contribution in [0.2, 0.25) is 0 Å². The van der Waals surface area contributed by atoms with Crippen LogP contribution < -0.4 is 5.32 Å². The highest BCUT2D eigenvalue weighted by molar-refractivity contribution is 5.75. The second kappa shape index (κ2) is 5.56. The molecule has 0 aromatic rings. The monoisotopic (exact) mass is 256 g/mol. The molecule has 2 amide bonds. The topological polar surface area (TPSA) is 78.9 Å². The van der Waals surface area contributed by atoms with Crippen molar-refractivity contribution in [3.05, 3.63) is 0 Å². The van der Waals surface area contributed by atoms with Gasteiger partial charge in [0.25, 0.3) is 0 Å². The number of amides is 2. The van der Waals surface area contributed by atoms with Crippen LogP contribution in [0.1, 0.15) is 19.8 Å². The van der Waals surface area contributed by atoms with E-state index in [4.69, 9.17) is 9.84 Å². The van der Waals surface area contributed by atoms with Crippen LogP contribution >= 0.6 is 0 Å². The standard InChI is InChI=1S/C12H20N2O4/c1-8-10(2-3-18-8)5-13-12(17)14-6-9(7-14)4-11(15)16/h8-10H,2-7H2,1H3,(H,13,17)(H,15,16). The number of ether oxygens (including phenoxy) is 1. The first-order valence-corrected chi connectivity index (χ1v) is 6.42. The van der Waals surface area contributed by atoms with Gasteiger partial charge in [-0.1, -0.05) is 0 Å². The molecule has 2 heterocycles.